The van der Waals surface area contributed by atoms with Crippen LogP contribution in [0, 0.1) is 0 Å². The zero-order valence-corrected chi connectivity index (χ0v) is 11.3. The van der Waals surface area contributed by atoms with Crippen LogP contribution in [0.3, 0.4) is 0 Å². The molecule has 0 aliphatic heterocycles. The fourth-order valence-corrected chi connectivity index (χ4v) is 2.21. The van der Waals surface area contributed by atoms with Gasteiger partial charge in [-0.25, -0.2) is 4.98 Å². The van der Waals surface area contributed by atoms with Crippen LogP contribution < -0.4 is 0 Å². The van der Waals surface area contributed by atoms with Gasteiger partial charge in [-0.15, -0.1) is 9.89 Å². The van der Waals surface area contributed by atoms with E-state index in [1.807, 2.05) is 24.3 Å². The highest BCUT2D eigenvalue weighted by Gasteiger charge is 2.05. The predicted octanol–water partition coefficient (Wildman–Crippen LogP) is 2.78. The van der Waals surface area contributed by atoms with Gasteiger partial charge < -0.3 is 5.11 Å². The number of aromatic hydroxyl groups is 1. The molecule has 2 aromatic carbocycles. The van der Waals surface area contributed by atoms with E-state index in [1.54, 1.807) is 12.3 Å². The maximum absolute atomic E-state index is 9.96. The Balaban J connectivity index is 2.14. The molecule has 5 nitrogen and oxygen atoms in total. The maximum Gasteiger partial charge on any atom is 0.139 e. The number of aromatic nitrogens is 3. The SMILES string of the molecule is Oc1ccc2cc(Br)ccc2c1/C=N/n1cncn1. The van der Waals surface area contributed by atoms with Crippen molar-refractivity contribution in [3.8, 4) is 5.75 Å². The zero-order valence-electron chi connectivity index (χ0n) is 9.73. The van der Waals surface area contributed by atoms with Crippen molar-refractivity contribution >= 4 is 32.9 Å². The van der Waals surface area contributed by atoms with Crippen LogP contribution in [0.15, 0.2) is 52.6 Å². The van der Waals surface area contributed by atoms with Crippen molar-refractivity contribution in [2.45, 2.75) is 0 Å². The van der Waals surface area contributed by atoms with Gasteiger partial charge in [0.05, 0.1) is 6.21 Å². The van der Waals surface area contributed by atoms with Crippen molar-refractivity contribution in [2.75, 3.05) is 0 Å². The van der Waals surface area contributed by atoms with Gasteiger partial charge in [-0.3, -0.25) is 0 Å². The average molecular weight is 317 g/mol. The number of hydrogen-bond acceptors (Lipinski definition) is 4. The van der Waals surface area contributed by atoms with Gasteiger partial charge in [-0.2, -0.15) is 5.10 Å². The molecule has 0 radical (unpaired) electrons. The molecule has 0 aliphatic carbocycles. The number of nitrogens with zero attached hydrogens (tertiary/aromatic N) is 4. The smallest absolute Gasteiger partial charge is 0.139 e. The molecule has 94 valence electrons. The van der Waals surface area contributed by atoms with Gasteiger partial charge in [0.2, 0.25) is 0 Å². The second-order valence-corrected chi connectivity index (χ2v) is 4.84. The lowest BCUT2D eigenvalue weighted by molar-refractivity contribution is 0.475. The Labute approximate surface area is 117 Å². The number of hydrogen-bond donors (Lipinski definition) is 1. The lowest BCUT2D eigenvalue weighted by atomic mass is 10.0. The molecule has 0 aliphatic rings. The molecule has 3 rings (SSSR count). The second kappa shape index (κ2) is 4.81. The molecule has 0 spiro atoms. The summed E-state index contributed by atoms with van der Waals surface area (Å²) < 4.78 is 0.991. The summed E-state index contributed by atoms with van der Waals surface area (Å²) in [6.07, 6.45) is 4.45. The lowest BCUT2D eigenvalue weighted by Gasteiger charge is -2.05. The Kier molecular flexibility index (Phi) is 3.00. The lowest BCUT2D eigenvalue weighted by Crippen LogP contribution is -1.92. The van der Waals surface area contributed by atoms with Gasteiger partial charge in [0, 0.05) is 10.0 Å². The third-order valence-corrected chi connectivity index (χ3v) is 3.21. The summed E-state index contributed by atoms with van der Waals surface area (Å²) in [5.41, 5.74) is 0.653. The number of phenols is 1. The summed E-state index contributed by atoms with van der Waals surface area (Å²) >= 11 is 3.43. The van der Waals surface area contributed by atoms with E-state index in [1.165, 1.54) is 17.4 Å². The first-order chi connectivity index (χ1) is 9.24. The van der Waals surface area contributed by atoms with E-state index < -0.39 is 0 Å². The van der Waals surface area contributed by atoms with Crippen LogP contribution >= 0.6 is 15.9 Å². The number of phenolic OH excluding ortho intramolecular Hbond substituents is 1. The molecule has 0 fully saturated rings. The summed E-state index contributed by atoms with van der Waals surface area (Å²) in [6, 6.07) is 9.36. The molecule has 0 saturated heterocycles. The molecule has 6 heteroatoms. The number of fused-ring (bicyclic) bond motifs is 1. The zero-order chi connectivity index (χ0) is 13.2. The molecular weight excluding hydrogens is 308 g/mol. The Hall–Kier alpha value is -2.21. The van der Waals surface area contributed by atoms with Crippen LogP contribution in [-0.4, -0.2) is 26.2 Å². The molecule has 0 unspecified atom stereocenters. The quantitative estimate of drug-likeness (QED) is 0.739. The van der Waals surface area contributed by atoms with E-state index in [0.29, 0.717) is 5.56 Å². The third kappa shape index (κ3) is 2.34. The average Bonchev–Trinajstić information content (AvgIpc) is 2.91. The van der Waals surface area contributed by atoms with Crippen molar-refractivity contribution in [2.24, 2.45) is 5.10 Å². The molecule has 0 saturated carbocycles. The van der Waals surface area contributed by atoms with Crippen molar-refractivity contribution in [3.05, 3.63) is 53.0 Å². The fourth-order valence-electron chi connectivity index (χ4n) is 1.83. The maximum atomic E-state index is 9.96. The van der Waals surface area contributed by atoms with Gasteiger partial charge in [0.15, 0.2) is 0 Å². The van der Waals surface area contributed by atoms with E-state index in [-0.39, 0.29) is 5.75 Å². The molecule has 0 amide bonds. The standard InChI is InChI=1S/C13H9BrN4O/c14-10-2-3-11-9(5-10)1-4-13(19)12(11)6-16-18-8-15-7-17-18/h1-8,19H/b16-6+. The second-order valence-electron chi connectivity index (χ2n) is 3.92. The summed E-state index contributed by atoms with van der Waals surface area (Å²) in [4.78, 5) is 5.13. The first kappa shape index (κ1) is 11.9. The molecular formula is C13H9BrN4O. The summed E-state index contributed by atoms with van der Waals surface area (Å²) in [7, 11) is 0. The normalized spacial score (nSPS) is 11.4. The van der Waals surface area contributed by atoms with Crippen LogP contribution in [0.5, 0.6) is 5.75 Å². The van der Waals surface area contributed by atoms with Gasteiger partial charge in [0.25, 0.3) is 0 Å². The molecule has 1 N–H and O–H groups in total. The van der Waals surface area contributed by atoms with Gasteiger partial charge in [-0.05, 0) is 29.0 Å². The fraction of sp³-hybridized carbons (Fsp3) is 0. The molecule has 0 bridgehead atoms. The van der Waals surface area contributed by atoms with E-state index >= 15 is 0 Å². The number of halogens is 1. The Morgan fingerprint density at radius 3 is 2.95 bits per heavy atom. The Morgan fingerprint density at radius 1 is 1.26 bits per heavy atom. The minimum absolute atomic E-state index is 0.179. The third-order valence-electron chi connectivity index (χ3n) is 2.71. The first-order valence-electron chi connectivity index (χ1n) is 5.54. The van der Waals surface area contributed by atoms with Crippen molar-refractivity contribution < 1.29 is 5.11 Å². The van der Waals surface area contributed by atoms with E-state index in [4.69, 9.17) is 0 Å². The van der Waals surface area contributed by atoms with Crippen molar-refractivity contribution in [3.63, 3.8) is 0 Å². The van der Waals surface area contributed by atoms with Crippen LogP contribution in [-0.2, 0) is 0 Å². The van der Waals surface area contributed by atoms with E-state index in [9.17, 15) is 5.11 Å². The highest BCUT2D eigenvalue weighted by atomic mass is 79.9. The van der Waals surface area contributed by atoms with Crippen LogP contribution in [0.2, 0.25) is 0 Å². The van der Waals surface area contributed by atoms with Crippen LogP contribution in [0.25, 0.3) is 10.8 Å². The van der Waals surface area contributed by atoms with Gasteiger partial charge in [-0.1, -0.05) is 28.1 Å². The number of benzene rings is 2. The summed E-state index contributed by atoms with van der Waals surface area (Å²) in [5.74, 6) is 0.179. The molecule has 3 aromatic rings. The highest BCUT2D eigenvalue weighted by molar-refractivity contribution is 9.10. The van der Waals surface area contributed by atoms with Crippen LogP contribution in [0.4, 0.5) is 0 Å². The highest BCUT2D eigenvalue weighted by Crippen LogP contribution is 2.27. The minimum atomic E-state index is 0.179. The largest absolute Gasteiger partial charge is 0.507 e. The van der Waals surface area contributed by atoms with Gasteiger partial charge >= 0.3 is 0 Å². The summed E-state index contributed by atoms with van der Waals surface area (Å²) in [5, 5.41) is 19.9. The van der Waals surface area contributed by atoms with Crippen LogP contribution in [0.1, 0.15) is 5.56 Å². The molecule has 19 heavy (non-hydrogen) atoms. The Bertz CT molecular complexity index is 753. The topological polar surface area (TPSA) is 63.3 Å². The Morgan fingerprint density at radius 2 is 2.16 bits per heavy atom. The molecule has 0 atom stereocenters. The predicted molar refractivity (Wildman–Crippen MR) is 76.3 cm³/mol. The molecule has 1 heterocycles. The van der Waals surface area contributed by atoms with Gasteiger partial charge in [0.1, 0.15) is 18.4 Å². The van der Waals surface area contributed by atoms with Crippen molar-refractivity contribution in [1.82, 2.24) is 14.9 Å². The van der Waals surface area contributed by atoms with E-state index in [0.717, 1.165) is 15.2 Å². The molecule has 1 aromatic heterocycles. The monoisotopic (exact) mass is 316 g/mol. The van der Waals surface area contributed by atoms with E-state index in [2.05, 4.69) is 31.1 Å². The summed E-state index contributed by atoms with van der Waals surface area (Å²) in [6.45, 7) is 0. The first-order valence-corrected chi connectivity index (χ1v) is 6.33. The van der Waals surface area contributed by atoms with Crippen molar-refractivity contribution in [1.29, 1.82) is 0 Å². The minimum Gasteiger partial charge on any atom is -0.507 e. The number of rotatable bonds is 2.